The Balaban J connectivity index is 2.46. The number of hydrogen-bond donors (Lipinski definition) is 1. The number of hydrogen-bond acceptors (Lipinski definition) is 4. The van der Waals surface area contributed by atoms with Gasteiger partial charge in [0.1, 0.15) is 5.60 Å². The molecule has 4 heteroatoms. The van der Waals surface area contributed by atoms with Crippen molar-refractivity contribution >= 4 is 0 Å². The Morgan fingerprint density at radius 3 is 2.68 bits per heavy atom. The molecule has 0 saturated heterocycles. The number of aryl methyl sites for hydroxylation is 1. The largest absolute Gasteiger partial charge is 0.368 e. The van der Waals surface area contributed by atoms with Gasteiger partial charge in [0.2, 0.25) is 0 Å². The fraction of sp³-hybridized carbons (Fsp3) is 0.733. The highest BCUT2D eigenvalue weighted by atomic mass is 16.5. The lowest BCUT2D eigenvalue weighted by Gasteiger charge is -2.29. The monoisotopic (exact) mass is 263 g/mol. The normalized spacial score (nSPS) is 17.9. The van der Waals surface area contributed by atoms with Crippen molar-refractivity contribution in [2.75, 3.05) is 13.2 Å². The molecule has 0 radical (unpaired) electrons. The molecule has 2 rings (SSSR count). The van der Waals surface area contributed by atoms with E-state index in [1.807, 2.05) is 6.92 Å². The zero-order valence-electron chi connectivity index (χ0n) is 12.5. The molecular weight excluding hydrogens is 238 g/mol. The average molecular weight is 263 g/mol. The van der Waals surface area contributed by atoms with Gasteiger partial charge in [-0.05, 0) is 45.2 Å². The molecule has 0 saturated carbocycles. The van der Waals surface area contributed by atoms with E-state index in [-0.39, 0.29) is 5.60 Å². The molecule has 0 bridgehead atoms. The maximum absolute atomic E-state index is 5.91. The second-order valence-electron chi connectivity index (χ2n) is 5.22. The van der Waals surface area contributed by atoms with Crippen molar-refractivity contribution in [3.63, 3.8) is 0 Å². The molecule has 0 aliphatic carbocycles. The van der Waals surface area contributed by atoms with Gasteiger partial charge in [-0.2, -0.15) is 0 Å². The van der Waals surface area contributed by atoms with Gasteiger partial charge < -0.3 is 10.1 Å². The molecule has 106 valence electrons. The SMILES string of the molecule is CCOC(C)(CC)c1nc(CC)c2c(n1)CNCC2. The number of rotatable bonds is 5. The molecule has 1 N–H and O–H groups in total. The van der Waals surface area contributed by atoms with Gasteiger partial charge >= 0.3 is 0 Å². The van der Waals surface area contributed by atoms with Crippen molar-refractivity contribution in [2.45, 2.75) is 59.1 Å². The highest BCUT2D eigenvalue weighted by molar-refractivity contribution is 5.29. The summed E-state index contributed by atoms with van der Waals surface area (Å²) in [5.74, 6) is 0.844. The first-order chi connectivity index (χ1) is 9.14. The first kappa shape index (κ1) is 14.4. The summed E-state index contributed by atoms with van der Waals surface area (Å²) in [5.41, 5.74) is 3.33. The van der Waals surface area contributed by atoms with Gasteiger partial charge in [-0.3, -0.25) is 0 Å². The van der Waals surface area contributed by atoms with Crippen LogP contribution in [0, 0.1) is 0 Å². The average Bonchev–Trinajstić information content (AvgIpc) is 2.46. The van der Waals surface area contributed by atoms with Crippen LogP contribution in [0.5, 0.6) is 0 Å². The third-order valence-electron chi connectivity index (χ3n) is 3.97. The third-order valence-corrected chi connectivity index (χ3v) is 3.97. The van der Waals surface area contributed by atoms with Gasteiger partial charge in [-0.25, -0.2) is 9.97 Å². The standard InChI is InChI=1S/C15H25N3O/c1-5-12-11-8-9-16-10-13(11)18-14(17-12)15(4,6-2)19-7-3/h16H,5-10H2,1-4H3. The van der Waals surface area contributed by atoms with E-state index in [2.05, 4.69) is 26.1 Å². The summed E-state index contributed by atoms with van der Waals surface area (Å²) in [6.45, 7) is 11.0. The highest BCUT2D eigenvalue weighted by Gasteiger charge is 2.30. The van der Waals surface area contributed by atoms with E-state index < -0.39 is 0 Å². The molecule has 0 amide bonds. The molecular formula is C15H25N3O. The topological polar surface area (TPSA) is 47.0 Å². The van der Waals surface area contributed by atoms with Crippen molar-refractivity contribution in [1.82, 2.24) is 15.3 Å². The molecule has 1 aliphatic heterocycles. The molecule has 0 fully saturated rings. The van der Waals surface area contributed by atoms with E-state index in [1.54, 1.807) is 0 Å². The summed E-state index contributed by atoms with van der Waals surface area (Å²) in [4.78, 5) is 9.59. The number of fused-ring (bicyclic) bond motifs is 1. The molecule has 1 unspecified atom stereocenters. The lowest BCUT2D eigenvalue weighted by molar-refractivity contribution is -0.0394. The first-order valence-corrected chi connectivity index (χ1v) is 7.38. The molecule has 1 aromatic heterocycles. The van der Waals surface area contributed by atoms with Crippen LogP contribution in [-0.2, 0) is 29.7 Å². The minimum Gasteiger partial charge on any atom is -0.368 e. The smallest absolute Gasteiger partial charge is 0.160 e. The zero-order valence-corrected chi connectivity index (χ0v) is 12.5. The number of aromatic nitrogens is 2. The highest BCUT2D eigenvalue weighted by Crippen LogP contribution is 2.28. The van der Waals surface area contributed by atoms with Crippen LogP contribution < -0.4 is 5.32 Å². The van der Waals surface area contributed by atoms with Crippen LogP contribution in [0.4, 0.5) is 0 Å². The van der Waals surface area contributed by atoms with E-state index in [0.717, 1.165) is 43.9 Å². The van der Waals surface area contributed by atoms with Crippen LogP contribution in [0.25, 0.3) is 0 Å². The van der Waals surface area contributed by atoms with Crippen molar-refractivity contribution in [3.8, 4) is 0 Å². The van der Waals surface area contributed by atoms with E-state index in [0.29, 0.717) is 6.61 Å². The van der Waals surface area contributed by atoms with E-state index in [4.69, 9.17) is 14.7 Å². The third kappa shape index (κ3) is 2.79. The van der Waals surface area contributed by atoms with Crippen LogP contribution in [-0.4, -0.2) is 23.1 Å². The Morgan fingerprint density at radius 1 is 1.26 bits per heavy atom. The summed E-state index contributed by atoms with van der Waals surface area (Å²) in [6.07, 6.45) is 2.89. The Hall–Kier alpha value is -1.00. The van der Waals surface area contributed by atoms with Crippen LogP contribution >= 0.6 is 0 Å². The summed E-state index contributed by atoms with van der Waals surface area (Å²) in [7, 11) is 0. The summed E-state index contributed by atoms with van der Waals surface area (Å²) in [5, 5.41) is 3.39. The number of nitrogens with one attached hydrogen (secondary N) is 1. The van der Waals surface area contributed by atoms with E-state index >= 15 is 0 Å². The quantitative estimate of drug-likeness (QED) is 0.886. The van der Waals surface area contributed by atoms with Crippen LogP contribution in [0.3, 0.4) is 0 Å². The Kier molecular flexibility index (Phi) is 4.53. The minimum absolute atomic E-state index is 0.370. The van der Waals surface area contributed by atoms with Gasteiger partial charge in [0.25, 0.3) is 0 Å². The number of nitrogens with zero attached hydrogens (tertiary/aromatic N) is 2. The molecule has 0 aromatic carbocycles. The van der Waals surface area contributed by atoms with Crippen molar-refractivity contribution in [2.24, 2.45) is 0 Å². The van der Waals surface area contributed by atoms with Crippen molar-refractivity contribution in [1.29, 1.82) is 0 Å². The predicted molar refractivity (Wildman–Crippen MR) is 76.1 cm³/mol. The summed E-state index contributed by atoms with van der Waals surface area (Å²) < 4.78 is 5.91. The van der Waals surface area contributed by atoms with Crippen LogP contribution in [0.15, 0.2) is 0 Å². The number of ether oxygens (including phenoxy) is 1. The Morgan fingerprint density at radius 2 is 2.05 bits per heavy atom. The van der Waals surface area contributed by atoms with Crippen LogP contribution in [0.2, 0.25) is 0 Å². The van der Waals surface area contributed by atoms with Gasteiger partial charge in [0.15, 0.2) is 5.82 Å². The first-order valence-electron chi connectivity index (χ1n) is 7.38. The maximum Gasteiger partial charge on any atom is 0.160 e. The molecule has 19 heavy (non-hydrogen) atoms. The lowest BCUT2D eigenvalue weighted by Crippen LogP contribution is -2.32. The predicted octanol–water partition coefficient (Wildman–Crippen LogP) is 2.35. The Bertz CT molecular complexity index is 430. The van der Waals surface area contributed by atoms with Gasteiger partial charge in [0, 0.05) is 18.8 Å². The van der Waals surface area contributed by atoms with Gasteiger partial charge in [0.05, 0.1) is 5.69 Å². The maximum atomic E-state index is 5.91. The molecule has 4 nitrogen and oxygen atoms in total. The molecule has 0 spiro atoms. The van der Waals surface area contributed by atoms with E-state index in [1.165, 1.54) is 11.3 Å². The second kappa shape index (κ2) is 5.97. The molecule has 1 aliphatic rings. The minimum atomic E-state index is -0.370. The van der Waals surface area contributed by atoms with Crippen molar-refractivity contribution in [3.05, 3.63) is 22.8 Å². The van der Waals surface area contributed by atoms with Crippen molar-refractivity contribution < 1.29 is 4.74 Å². The molecule has 2 heterocycles. The van der Waals surface area contributed by atoms with E-state index in [9.17, 15) is 0 Å². The second-order valence-corrected chi connectivity index (χ2v) is 5.22. The van der Waals surface area contributed by atoms with Gasteiger partial charge in [-0.1, -0.05) is 13.8 Å². The van der Waals surface area contributed by atoms with Crippen LogP contribution in [0.1, 0.15) is 56.9 Å². The molecule has 1 atom stereocenters. The molecule has 1 aromatic rings. The Labute approximate surface area is 116 Å². The summed E-state index contributed by atoms with van der Waals surface area (Å²) in [6, 6.07) is 0. The lowest BCUT2D eigenvalue weighted by atomic mass is 9.98. The summed E-state index contributed by atoms with van der Waals surface area (Å²) >= 11 is 0. The fourth-order valence-corrected chi connectivity index (χ4v) is 2.61. The fourth-order valence-electron chi connectivity index (χ4n) is 2.61. The zero-order chi connectivity index (χ0) is 13.9. The van der Waals surface area contributed by atoms with Gasteiger partial charge in [-0.15, -0.1) is 0 Å².